The second-order valence-corrected chi connectivity index (χ2v) is 7.23. The van der Waals surface area contributed by atoms with Gasteiger partial charge in [-0.1, -0.05) is 5.16 Å². The van der Waals surface area contributed by atoms with Gasteiger partial charge in [-0.05, 0) is 33.1 Å². The van der Waals surface area contributed by atoms with Gasteiger partial charge in [0.1, 0.15) is 11.3 Å². The topological polar surface area (TPSA) is 87.9 Å². The molecule has 1 aromatic rings. The van der Waals surface area contributed by atoms with Gasteiger partial charge in [-0.15, -0.1) is 0 Å². The lowest BCUT2D eigenvalue weighted by molar-refractivity contribution is -0.0389. The number of nitrogens with zero attached hydrogens (tertiary/aromatic N) is 3. The van der Waals surface area contributed by atoms with E-state index in [9.17, 15) is 9.59 Å². The zero-order chi connectivity index (χ0) is 18.2. The molecule has 3 amide bonds. The van der Waals surface area contributed by atoms with Crippen LogP contribution in [0.4, 0.5) is 4.79 Å². The lowest BCUT2D eigenvalue weighted by atomic mass is 9.87. The van der Waals surface area contributed by atoms with E-state index >= 15 is 0 Å². The quantitative estimate of drug-likeness (QED) is 0.869. The van der Waals surface area contributed by atoms with Crippen LogP contribution in [0.15, 0.2) is 4.52 Å². The van der Waals surface area contributed by atoms with Crippen LogP contribution in [0, 0.1) is 13.8 Å². The number of aryl methyl sites for hydroxylation is 2. The summed E-state index contributed by atoms with van der Waals surface area (Å²) in [5.41, 5.74) is 0.963. The molecule has 2 aliphatic heterocycles. The molecule has 0 radical (unpaired) electrons. The fourth-order valence-electron chi connectivity index (χ4n) is 3.65. The van der Waals surface area contributed by atoms with Crippen LogP contribution in [0.1, 0.15) is 41.1 Å². The average molecular weight is 350 g/mol. The van der Waals surface area contributed by atoms with Crippen LogP contribution >= 0.6 is 0 Å². The van der Waals surface area contributed by atoms with Crippen molar-refractivity contribution < 1.29 is 18.8 Å². The Hall–Kier alpha value is -2.09. The van der Waals surface area contributed by atoms with Crippen molar-refractivity contribution in [2.45, 2.75) is 44.8 Å². The number of ether oxygens (including phenoxy) is 1. The summed E-state index contributed by atoms with van der Waals surface area (Å²) < 4.78 is 11.1. The first-order chi connectivity index (χ1) is 11.8. The molecule has 0 saturated carbocycles. The molecule has 0 aromatic carbocycles. The van der Waals surface area contributed by atoms with E-state index in [1.54, 1.807) is 27.9 Å². The van der Waals surface area contributed by atoms with E-state index in [0.717, 1.165) is 19.3 Å². The Bertz CT molecular complexity index is 642. The highest BCUT2D eigenvalue weighted by molar-refractivity contribution is 5.96. The highest BCUT2D eigenvalue weighted by atomic mass is 16.5. The lowest BCUT2D eigenvalue weighted by Crippen LogP contribution is -2.47. The minimum absolute atomic E-state index is 0.0263. The first kappa shape index (κ1) is 17.7. The average Bonchev–Trinajstić information content (AvgIpc) is 3.11. The molecule has 8 nitrogen and oxygen atoms in total. The molecule has 2 saturated heterocycles. The summed E-state index contributed by atoms with van der Waals surface area (Å²) in [5.74, 6) is 0.535. The fourth-order valence-corrected chi connectivity index (χ4v) is 3.65. The van der Waals surface area contributed by atoms with Crippen molar-refractivity contribution in [3.63, 3.8) is 0 Å². The number of rotatable bonds is 2. The van der Waals surface area contributed by atoms with Crippen molar-refractivity contribution in [3.8, 4) is 0 Å². The van der Waals surface area contributed by atoms with Crippen LogP contribution in [0.2, 0.25) is 0 Å². The molecule has 1 spiro atoms. The minimum atomic E-state index is -0.236. The van der Waals surface area contributed by atoms with Gasteiger partial charge in [-0.3, -0.25) is 4.79 Å². The Balaban J connectivity index is 1.57. The van der Waals surface area contributed by atoms with Crippen molar-refractivity contribution in [2.75, 3.05) is 33.8 Å². The highest BCUT2D eigenvalue weighted by Crippen LogP contribution is 2.36. The third kappa shape index (κ3) is 3.49. The number of nitrogens with one attached hydrogen (secondary N) is 1. The Labute approximate surface area is 147 Å². The number of amides is 3. The minimum Gasteiger partial charge on any atom is -0.373 e. The number of hydrogen-bond acceptors (Lipinski definition) is 5. The van der Waals surface area contributed by atoms with Gasteiger partial charge < -0.3 is 24.4 Å². The molecule has 2 aliphatic rings. The maximum atomic E-state index is 12.7. The van der Waals surface area contributed by atoms with E-state index in [0.29, 0.717) is 36.7 Å². The molecule has 0 bridgehead atoms. The van der Waals surface area contributed by atoms with E-state index in [1.165, 1.54) is 4.90 Å². The zero-order valence-corrected chi connectivity index (χ0v) is 15.3. The van der Waals surface area contributed by atoms with Gasteiger partial charge in [0.25, 0.3) is 5.91 Å². The van der Waals surface area contributed by atoms with Crippen LogP contribution in [0.5, 0.6) is 0 Å². The third-order valence-corrected chi connectivity index (χ3v) is 5.15. The largest absolute Gasteiger partial charge is 0.373 e. The van der Waals surface area contributed by atoms with E-state index in [4.69, 9.17) is 9.26 Å². The first-order valence-electron chi connectivity index (χ1n) is 8.65. The van der Waals surface area contributed by atoms with Gasteiger partial charge in [0.15, 0.2) is 0 Å². The molecule has 0 aliphatic carbocycles. The van der Waals surface area contributed by atoms with Gasteiger partial charge >= 0.3 is 6.03 Å². The van der Waals surface area contributed by atoms with Crippen LogP contribution in [-0.4, -0.2) is 72.3 Å². The molecule has 138 valence electrons. The van der Waals surface area contributed by atoms with Crippen LogP contribution in [0.25, 0.3) is 0 Å². The summed E-state index contributed by atoms with van der Waals surface area (Å²) in [5, 5.41) is 6.85. The number of aromatic nitrogens is 1. The summed E-state index contributed by atoms with van der Waals surface area (Å²) >= 11 is 0. The van der Waals surface area contributed by atoms with Crippen molar-refractivity contribution in [1.82, 2.24) is 20.3 Å². The van der Waals surface area contributed by atoms with E-state index in [2.05, 4.69) is 10.5 Å². The predicted molar refractivity (Wildman–Crippen MR) is 90.4 cm³/mol. The summed E-state index contributed by atoms with van der Waals surface area (Å²) in [4.78, 5) is 27.9. The second-order valence-electron chi connectivity index (χ2n) is 7.23. The number of piperidine rings is 1. The SMILES string of the molecule is Cc1noc(C)c1C(=O)N1CCC2(CC1)CC(NC(=O)N(C)C)CO2. The van der Waals surface area contributed by atoms with Crippen molar-refractivity contribution in [1.29, 1.82) is 0 Å². The summed E-state index contributed by atoms with van der Waals surface area (Å²) in [6, 6.07) is -0.0728. The van der Waals surface area contributed by atoms with E-state index in [1.807, 2.05) is 4.90 Å². The summed E-state index contributed by atoms with van der Waals surface area (Å²) in [6.07, 6.45) is 2.34. The van der Waals surface area contributed by atoms with Gasteiger partial charge in [0, 0.05) is 27.2 Å². The van der Waals surface area contributed by atoms with Crippen LogP contribution in [0.3, 0.4) is 0 Å². The maximum absolute atomic E-state index is 12.7. The predicted octanol–water partition coefficient (Wildman–Crippen LogP) is 1.33. The normalized spacial score (nSPS) is 22.2. The summed E-state index contributed by atoms with van der Waals surface area (Å²) in [6.45, 7) is 5.34. The molecule has 8 heteroatoms. The van der Waals surface area contributed by atoms with Crippen LogP contribution < -0.4 is 5.32 Å². The monoisotopic (exact) mass is 350 g/mol. The molecule has 2 fully saturated rings. The molecule has 1 unspecified atom stereocenters. The Morgan fingerprint density at radius 3 is 2.52 bits per heavy atom. The molecular formula is C17H26N4O4. The van der Waals surface area contributed by atoms with Gasteiger partial charge in [-0.2, -0.15) is 0 Å². The van der Waals surface area contributed by atoms with Crippen molar-refractivity contribution in [3.05, 3.63) is 17.0 Å². The maximum Gasteiger partial charge on any atom is 0.317 e. The molecular weight excluding hydrogens is 324 g/mol. The number of urea groups is 1. The van der Waals surface area contributed by atoms with Gasteiger partial charge in [0.2, 0.25) is 0 Å². The van der Waals surface area contributed by atoms with Crippen molar-refractivity contribution in [2.24, 2.45) is 0 Å². The Kier molecular flexibility index (Phi) is 4.73. The summed E-state index contributed by atoms with van der Waals surface area (Å²) in [7, 11) is 3.44. The highest BCUT2D eigenvalue weighted by Gasteiger charge is 2.44. The van der Waals surface area contributed by atoms with Crippen molar-refractivity contribution >= 4 is 11.9 Å². The number of likely N-dealkylation sites (tertiary alicyclic amines) is 1. The molecule has 3 rings (SSSR count). The van der Waals surface area contributed by atoms with Gasteiger partial charge in [0.05, 0.1) is 23.9 Å². The van der Waals surface area contributed by atoms with Gasteiger partial charge in [-0.25, -0.2) is 4.79 Å². The van der Waals surface area contributed by atoms with E-state index < -0.39 is 0 Å². The molecule has 1 atom stereocenters. The fraction of sp³-hybridized carbons (Fsp3) is 0.706. The molecule has 1 N–H and O–H groups in total. The zero-order valence-electron chi connectivity index (χ0n) is 15.3. The Morgan fingerprint density at radius 2 is 1.96 bits per heavy atom. The number of carbonyl (C=O) groups is 2. The van der Waals surface area contributed by atoms with Crippen LogP contribution in [-0.2, 0) is 4.74 Å². The third-order valence-electron chi connectivity index (χ3n) is 5.15. The number of carbonyl (C=O) groups excluding carboxylic acids is 2. The first-order valence-corrected chi connectivity index (χ1v) is 8.65. The smallest absolute Gasteiger partial charge is 0.317 e. The molecule has 3 heterocycles. The second kappa shape index (κ2) is 6.67. The molecule has 1 aromatic heterocycles. The standard InChI is InChI=1S/C17H26N4O4/c1-11-14(12(2)25-19-11)15(22)21-7-5-17(6-8-21)9-13(10-24-17)18-16(23)20(3)4/h13H,5-10H2,1-4H3,(H,18,23). The lowest BCUT2D eigenvalue weighted by Gasteiger charge is -2.38. The molecule has 25 heavy (non-hydrogen) atoms. The number of hydrogen-bond donors (Lipinski definition) is 1. The van der Waals surface area contributed by atoms with E-state index in [-0.39, 0.29) is 23.6 Å². The Morgan fingerprint density at radius 1 is 1.28 bits per heavy atom.